The monoisotopic (exact) mass is 758 g/mol. The van der Waals surface area contributed by atoms with Crippen molar-refractivity contribution in [3.05, 3.63) is 77.7 Å². The number of nitrogens with zero attached hydrogens (tertiary/aromatic N) is 8. The topological polar surface area (TPSA) is 193 Å². The first kappa shape index (κ1) is 35.1. The lowest BCUT2D eigenvalue weighted by Gasteiger charge is -2.39. The Kier molecular flexibility index (Phi) is 8.70. The van der Waals surface area contributed by atoms with Crippen LogP contribution in [-0.4, -0.2) is 109 Å². The number of carbonyl (C=O) groups is 6. The Labute approximate surface area is 319 Å². The molecule has 56 heavy (non-hydrogen) atoms. The van der Waals surface area contributed by atoms with Gasteiger partial charge in [-0.25, -0.2) is 4.98 Å². The predicted octanol–water partition coefficient (Wildman–Crippen LogP) is 2.82. The Morgan fingerprint density at radius 3 is 2.46 bits per heavy atom. The van der Waals surface area contributed by atoms with Gasteiger partial charge in [-0.1, -0.05) is 0 Å². The molecule has 17 nitrogen and oxygen atoms in total. The van der Waals surface area contributed by atoms with Crippen LogP contribution in [0.2, 0.25) is 0 Å². The second kappa shape index (κ2) is 13.9. The number of anilines is 2. The first-order valence-corrected chi connectivity index (χ1v) is 18.7. The standard InChI is InChI=1S/C39H38N10O7/c1-56-31-19-29-23(17-28(31)35(51)42-33-20-40-32-3-2-12-41-49(32)33)21-47(44-29)24-6-4-22(5-7-24)37(53)46-15-13-45(14-16-46)25-8-9-26-27(18-25)39(55)48(38(26)54)30-10-11-34(50)43-36(30)52/h2-3,8-9,12,17-22,24,30H,4-7,10-11,13-16H2,1H3,(H,42,51)(H,43,50,52). The number of piperazine rings is 1. The average Bonchev–Trinajstić information content (AvgIpc) is 3.90. The molecule has 17 heteroatoms. The largest absolute Gasteiger partial charge is 0.496 e. The molecular formula is C39H38N10O7. The van der Waals surface area contributed by atoms with E-state index in [4.69, 9.17) is 9.84 Å². The number of nitrogens with one attached hydrogen (secondary N) is 2. The van der Waals surface area contributed by atoms with Crippen molar-refractivity contribution in [2.75, 3.05) is 43.5 Å². The molecule has 2 saturated heterocycles. The van der Waals surface area contributed by atoms with Crippen LogP contribution >= 0.6 is 0 Å². The summed E-state index contributed by atoms with van der Waals surface area (Å²) in [6, 6.07) is 11.3. The van der Waals surface area contributed by atoms with Gasteiger partial charge in [0.15, 0.2) is 11.5 Å². The van der Waals surface area contributed by atoms with Crippen LogP contribution in [0.15, 0.2) is 61.1 Å². The van der Waals surface area contributed by atoms with Gasteiger partial charge in [-0.05, 0) is 68.5 Å². The molecule has 1 unspecified atom stereocenters. The lowest BCUT2D eigenvalue weighted by atomic mass is 9.85. The van der Waals surface area contributed by atoms with Crippen molar-refractivity contribution < 1.29 is 33.5 Å². The number of methoxy groups -OCH3 is 1. The number of imidazole rings is 1. The Balaban J connectivity index is 0.804. The minimum absolute atomic E-state index is 0.0616. The van der Waals surface area contributed by atoms with Gasteiger partial charge < -0.3 is 19.9 Å². The number of imide groups is 2. The van der Waals surface area contributed by atoms with Crippen LogP contribution in [0.1, 0.15) is 75.6 Å². The Hall–Kier alpha value is -6.65. The molecule has 0 bridgehead atoms. The van der Waals surface area contributed by atoms with Crippen molar-refractivity contribution in [1.29, 1.82) is 0 Å². The molecule has 3 fully saturated rings. The van der Waals surface area contributed by atoms with Crippen LogP contribution in [0.3, 0.4) is 0 Å². The van der Waals surface area contributed by atoms with Crippen molar-refractivity contribution in [3.63, 3.8) is 0 Å². The number of amides is 6. The van der Waals surface area contributed by atoms with Gasteiger partial charge in [0, 0.05) is 68.1 Å². The van der Waals surface area contributed by atoms with E-state index in [0.717, 1.165) is 41.7 Å². The quantitative estimate of drug-likeness (QED) is 0.232. The van der Waals surface area contributed by atoms with E-state index >= 15 is 0 Å². The molecule has 4 aliphatic rings. The number of aromatic nitrogens is 5. The van der Waals surface area contributed by atoms with E-state index in [2.05, 4.69) is 25.6 Å². The fraction of sp³-hybridized carbons (Fsp3) is 0.359. The lowest BCUT2D eigenvalue weighted by molar-refractivity contribution is -0.137. The normalized spacial score (nSPS) is 21.4. The van der Waals surface area contributed by atoms with Crippen LogP contribution in [0.25, 0.3) is 16.6 Å². The van der Waals surface area contributed by atoms with Crippen LogP contribution in [0.5, 0.6) is 5.75 Å². The van der Waals surface area contributed by atoms with Crippen molar-refractivity contribution in [2.24, 2.45) is 5.92 Å². The molecule has 1 aliphatic carbocycles. The van der Waals surface area contributed by atoms with Gasteiger partial charge >= 0.3 is 0 Å². The molecule has 6 amide bonds. The van der Waals surface area contributed by atoms with Gasteiger partial charge in [-0.15, -0.1) is 0 Å². The van der Waals surface area contributed by atoms with E-state index in [0.29, 0.717) is 54.5 Å². The first-order chi connectivity index (χ1) is 27.2. The second-order valence-electron chi connectivity index (χ2n) is 14.6. The molecule has 286 valence electrons. The third-order valence-corrected chi connectivity index (χ3v) is 11.4. The molecule has 9 rings (SSSR count). The van der Waals surface area contributed by atoms with Crippen LogP contribution in [0, 0.1) is 5.92 Å². The van der Waals surface area contributed by atoms with Gasteiger partial charge in [0.05, 0.1) is 41.6 Å². The fourth-order valence-electron chi connectivity index (χ4n) is 8.39. The molecule has 2 aromatic carbocycles. The van der Waals surface area contributed by atoms with E-state index in [1.54, 1.807) is 59.4 Å². The van der Waals surface area contributed by atoms with Crippen LogP contribution in [0.4, 0.5) is 11.5 Å². The molecular weight excluding hydrogens is 720 g/mol. The zero-order valence-corrected chi connectivity index (χ0v) is 30.5. The summed E-state index contributed by atoms with van der Waals surface area (Å²) < 4.78 is 9.07. The van der Waals surface area contributed by atoms with Gasteiger partial charge in [-0.3, -0.25) is 43.7 Å². The minimum atomic E-state index is -1.02. The number of carbonyl (C=O) groups excluding carboxylic acids is 6. The average molecular weight is 759 g/mol. The fourth-order valence-corrected chi connectivity index (χ4v) is 8.39. The Morgan fingerprint density at radius 1 is 0.911 bits per heavy atom. The van der Waals surface area contributed by atoms with Crippen molar-refractivity contribution in [1.82, 2.24) is 39.5 Å². The lowest BCUT2D eigenvalue weighted by Crippen LogP contribution is -2.54. The van der Waals surface area contributed by atoms with E-state index < -0.39 is 29.7 Å². The molecule has 5 aromatic rings. The number of ether oxygens (including phenoxy) is 1. The summed E-state index contributed by atoms with van der Waals surface area (Å²) in [6.07, 6.45) is 8.31. The van der Waals surface area contributed by atoms with Crippen LogP contribution in [-0.2, 0) is 14.4 Å². The highest BCUT2D eigenvalue weighted by Gasteiger charge is 2.45. The summed E-state index contributed by atoms with van der Waals surface area (Å²) >= 11 is 0. The maximum atomic E-state index is 13.7. The Bertz CT molecular complexity index is 2460. The van der Waals surface area contributed by atoms with E-state index in [1.165, 1.54) is 7.11 Å². The highest BCUT2D eigenvalue weighted by atomic mass is 16.5. The predicted molar refractivity (Wildman–Crippen MR) is 200 cm³/mol. The minimum Gasteiger partial charge on any atom is -0.496 e. The SMILES string of the molecule is COc1cc2nn(C3CCC(C(=O)N4CCN(c5ccc6c(c5)C(=O)N(C5CCC(=O)NC5=O)C6=O)CC4)CC3)cc2cc1C(=O)Nc1cnc2cccnn12. The highest BCUT2D eigenvalue weighted by molar-refractivity contribution is 6.23. The number of hydrogen-bond acceptors (Lipinski definition) is 11. The van der Waals surface area contributed by atoms with Gasteiger partial charge in [-0.2, -0.15) is 14.7 Å². The zero-order chi connectivity index (χ0) is 38.7. The van der Waals surface area contributed by atoms with Crippen LogP contribution < -0.4 is 20.3 Å². The maximum absolute atomic E-state index is 13.7. The van der Waals surface area contributed by atoms with Gasteiger partial charge in [0.2, 0.25) is 17.7 Å². The first-order valence-electron chi connectivity index (χ1n) is 18.7. The van der Waals surface area contributed by atoms with E-state index in [9.17, 15) is 28.8 Å². The molecule has 1 saturated carbocycles. The summed E-state index contributed by atoms with van der Waals surface area (Å²) in [5, 5.41) is 15.0. The summed E-state index contributed by atoms with van der Waals surface area (Å²) in [5.74, 6) is -1.61. The third-order valence-electron chi connectivity index (χ3n) is 11.4. The molecule has 0 spiro atoms. The molecule has 2 N–H and O–H groups in total. The third kappa shape index (κ3) is 6.08. The number of benzene rings is 2. The van der Waals surface area contributed by atoms with E-state index in [-0.39, 0.29) is 47.7 Å². The number of rotatable bonds is 7. The second-order valence-corrected chi connectivity index (χ2v) is 14.6. The maximum Gasteiger partial charge on any atom is 0.262 e. The van der Waals surface area contributed by atoms with Gasteiger partial charge in [0.25, 0.3) is 17.7 Å². The number of hydrogen-bond donors (Lipinski definition) is 2. The van der Waals surface area contributed by atoms with Gasteiger partial charge in [0.1, 0.15) is 11.8 Å². The Morgan fingerprint density at radius 2 is 1.70 bits per heavy atom. The molecule has 0 radical (unpaired) electrons. The molecule has 1 atom stereocenters. The summed E-state index contributed by atoms with van der Waals surface area (Å²) in [5.41, 5.74) is 2.92. The summed E-state index contributed by atoms with van der Waals surface area (Å²) in [7, 11) is 1.52. The summed E-state index contributed by atoms with van der Waals surface area (Å²) in [6.45, 7) is 2.19. The van der Waals surface area contributed by atoms with Crippen molar-refractivity contribution in [2.45, 2.75) is 50.6 Å². The molecule has 3 aliphatic heterocycles. The number of piperidine rings is 1. The molecule has 6 heterocycles. The molecule has 3 aromatic heterocycles. The van der Waals surface area contributed by atoms with E-state index in [1.807, 2.05) is 15.8 Å². The smallest absolute Gasteiger partial charge is 0.262 e. The highest BCUT2D eigenvalue weighted by Crippen LogP contribution is 2.36. The van der Waals surface area contributed by atoms with Crippen molar-refractivity contribution in [3.8, 4) is 5.75 Å². The number of fused-ring (bicyclic) bond motifs is 3. The summed E-state index contributed by atoms with van der Waals surface area (Å²) in [4.78, 5) is 86.8. The zero-order valence-electron chi connectivity index (χ0n) is 30.5. The van der Waals surface area contributed by atoms with Crippen molar-refractivity contribution >= 4 is 63.5 Å².